The molecule has 0 radical (unpaired) electrons. The van der Waals surface area contributed by atoms with Crippen molar-refractivity contribution in [2.24, 2.45) is 4.99 Å². The maximum atomic E-state index is 5.73. The van der Waals surface area contributed by atoms with Crippen molar-refractivity contribution >= 4 is 58.5 Å². The molecule has 5 heteroatoms. The summed E-state index contributed by atoms with van der Waals surface area (Å²) < 4.78 is 0.369. The van der Waals surface area contributed by atoms with Crippen molar-refractivity contribution in [1.29, 1.82) is 0 Å². The standard InChI is InChI=1S/C7H5Cl2NS2/c8-4-1-5(9)3-6(2-4)10-7(11)12/h1-3H,(H2,10,11,12). The first-order chi connectivity index (χ1) is 5.58. The fourth-order valence-corrected chi connectivity index (χ4v) is 1.46. The molecule has 0 aliphatic heterocycles. The van der Waals surface area contributed by atoms with Crippen molar-refractivity contribution in [3.63, 3.8) is 0 Å². The number of thiol groups is 2. The molecule has 0 aliphatic carbocycles. The number of rotatable bonds is 1. The Labute approximate surface area is 91.6 Å². The van der Waals surface area contributed by atoms with Gasteiger partial charge >= 0.3 is 0 Å². The number of halogens is 2. The third kappa shape index (κ3) is 3.27. The second kappa shape index (κ2) is 4.42. The molecule has 64 valence electrons. The van der Waals surface area contributed by atoms with Crippen LogP contribution < -0.4 is 0 Å². The van der Waals surface area contributed by atoms with E-state index in [0.29, 0.717) is 20.1 Å². The molecule has 0 heterocycles. The third-order valence-corrected chi connectivity index (χ3v) is 1.71. The zero-order chi connectivity index (χ0) is 9.14. The van der Waals surface area contributed by atoms with Crippen LogP contribution >= 0.6 is 48.5 Å². The Kier molecular flexibility index (Phi) is 3.77. The van der Waals surface area contributed by atoms with Crippen molar-refractivity contribution in [2.45, 2.75) is 0 Å². The van der Waals surface area contributed by atoms with Gasteiger partial charge in [0.05, 0.1) is 5.69 Å². The van der Waals surface area contributed by atoms with E-state index < -0.39 is 0 Å². The summed E-state index contributed by atoms with van der Waals surface area (Å²) in [6, 6.07) is 5.00. The topological polar surface area (TPSA) is 12.4 Å². The van der Waals surface area contributed by atoms with Crippen LogP contribution in [0.15, 0.2) is 23.2 Å². The fraction of sp³-hybridized carbons (Fsp3) is 0. The van der Waals surface area contributed by atoms with E-state index in [1.165, 1.54) is 0 Å². The summed E-state index contributed by atoms with van der Waals surface area (Å²) in [7, 11) is 0. The molecule has 0 saturated heterocycles. The molecule has 0 bridgehead atoms. The number of nitrogens with zero attached hydrogens (tertiary/aromatic N) is 1. The molecular weight excluding hydrogens is 233 g/mol. The first kappa shape index (κ1) is 10.3. The highest BCUT2D eigenvalue weighted by Gasteiger charge is 1.96. The number of aliphatic imine (C=N–C) groups is 1. The van der Waals surface area contributed by atoms with Crippen LogP contribution in [0.2, 0.25) is 10.0 Å². The van der Waals surface area contributed by atoms with Crippen molar-refractivity contribution in [3.8, 4) is 0 Å². The van der Waals surface area contributed by atoms with Gasteiger partial charge in [0.2, 0.25) is 0 Å². The Balaban J connectivity index is 3.09. The Morgan fingerprint density at radius 2 is 1.58 bits per heavy atom. The average molecular weight is 238 g/mol. The lowest BCUT2D eigenvalue weighted by Crippen LogP contribution is -1.72. The number of hydrogen-bond donors (Lipinski definition) is 2. The summed E-state index contributed by atoms with van der Waals surface area (Å²) >= 11 is 19.3. The predicted molar refractivity (Wildman–Crippen MR) is 61.5 cm³/mol. The molecule has 0 fully saturated rings. The monoisotopic (exact) mass is 237 g/mol. The first-order valence-electron chi connectivity index (χ1n) is 3.00. The summed E-state index contributed by atoms with van der Waals surface area (Å²) in [5, 5.41) is 1.09. The van der Waals surface area contributed by atoms with Crippen molar-refractivity contribution in [3.05, 3.63) is 28.2 Å². The van der Waals surface area contributed by atoms with Crippen LogP contribution in [-0.2, 0) is 0 Å². The molecule has 1 aromatic carbocycles. The molecule has 0 aromatic heterocycles. The Morgan fingerprint density at radius 1 is 1.08 bits per heavy atom. The summed E-state index contributed by atoms with van der Waals surface area (Å²) in [4.78, 5) is 3.96. The van der Waals surface area contributed by atoms with E-state index in [0.717, 1.165) is 0 Å². The summed E-state index contributed by atoms with van der Waals surface area (Å²) in [6.07, 6.45) is 0. The molecule has 0 spiro atoms. The minimum atomic E-state index is 0.369. The van der Waals surface area contributed by atoms with Crippen LogP contribution in [0.1, 0.15) is 0 Å². The lowest BCUT2D eigenvalue weighted by molar-refractivity contribution is 1.55. The molecule has 0 aliphatic rings. The fourth-order valence-electron chi connectivity index (χ4n) is 0.719. The highest BCUT2D eigenvalue weighted by Crippen LogP contribution is 2.25. The van der Waals surface area contributed by atoms with Gasteiger partial charge in [-0.15, -0.1) is 25.3 Å². The minimum Gasteiger partial charge on any atom is -0.235 e. The van der Waals surface area contributed by atoms with Crippen LogP contribution in [0, 0.1) is 0 Å². The number of hydrogen-bond acceptors (Lipinski definition) is 1. The van der Waals surface area contributed by atoms with E-state index in [-0.39, 0.29) is 0 Å². The van der Waals surface area contributed by atoms with E-state index in [4.69, 9.17) is 23.2 Å². The number of benzene rings is 1. The van der Waals surface area contributed by atoms with Crippen LogP contribution in [-0.4, -0.2) is 4.38 Å². The molecule has 0 N–H and O–H groups in total. The summed E-state index contributed by atoms with van der Waals surface area (Å²) in [6.45, 7) is 0. The lowest BCUT2D eigenvalue weighted by Gasteiger charge is -1.96. The molecule has 12 heavy (non-hydrogen) atoms. The normalized spacial score (nSPS) is 9.67. The summed E-state index contributed by atoms with van der Waals surface area (Å²) in [5.74, 6) is 0. The molecule has 0 unspecified atom stereocenters. The quantitative estimate of drug-likeness (QED) is 0.419. The maximum Gasteiger partial charge on any atom is 0.124 e. The molecule has 0 atom stereocenters. The Bertz CT molecular complexity index is 301. The van der Waals surface area contributed by atoms with Gasteiger partial charge in [0.25, 0.3) is 0 Å². The lowest BCUT2D eigenvalue weighted by atomic mass is 10.3. The van der Waals surface area contributed by atoms with E-state index in [9.17, 15) is 0 Å². The van der Waals surface area contributed by atoms with Gasteiger partial charge in [-0.1, -0.05) is 23.2 Å². The van der Waals surface area contributed by atoms with E-state index in [1.54, 1.807) is 18.2 Å². The minimum absolute atomic E-state index is 0.369. The molecular formula is C7H5Cl2NS2. The zero-order valence-corrected chi connectivity index (χ0v) is 9.13. The Hall–Kier alpha value is 0.170. The molecule has 0 amide bonds. The predicted octanol–water partition coefficient (Wildman–Crippen LogP) is 3.84. The van der Waals surface area contributed by atoms with Crippen molar-refractivity contribution in [1.82, 2.24) is 0 Å². The molecule has 1 nitrogen and oxygen atoms in total. The smallest absolute Gasteiger partial charge is 0.124 e. The second-order valence-electron chi connectivity index (χ2n) is 2.04. The van der Waals surface area contributed by atoms with Crippen molar-refractivity contribution in [2.75, 3.05) is 0 Å². The zero-order valence-electron chi connectivity index (χ0n) is 5.83. The second-order valence-corrected chi connectivity index (χ2v) is 4.11. The first-order valence-corrected chi connectivity index (χ1v) is 4.65. The largest absolute Gasteiger partial charge is 0.235 e. The van der Waals surface area contributed by atoms with Gasteiger partial charge in [-0.05, 0) is 18.2 Å². The van der Waals surface area contributed by atoms with Gasteiger partial charge in [0.15, 0.2) is 0 Å². The van der Waals surface area contributed by atoms with Gasteiger partial charge in [-0.25, -0.2) is 4.99 Å². The summed E-state index contributed by atoms with van der Waals surface area (Å²) in [5.41, 5.74) is 0.646. The van der Waals surface area contributed by atoms with Gasteiger partial charge in [0, 0.05) is 10.0 Å². The van der Waals surface area contributed by atoms with E-state index in [1.807, 2.05) is 0 Å². The van der Waals surface area contributed by atoms with Crippen LogP contribution in [0.4, 0.5) is 5.69 Å². The van der Waals surface area contributed by atoms with Gasteiger partial charge < -0.3 is 0 Å². The maximum absolute atomic E-state index is 5.73. The van der Waals surface area contributed by atoms with Gasteiger partial charge in [-0.2, -0.15) is 0 Å². The van der Waals surface area contributed by atoms with Crippen LogP contribution in [0.25, 0.3) is 0 Å². The van der Waals surface area contributed by atoms with E-state index >= 15 is 0 Å². The molecule has 1 rings (SSSR count). The van der Waals surface area contributed by atoms with Gasteiger partial charge in [0.1, 0.15) is 4.38 Å². The van der Waals surface area contributed by atoms with Crippen LogP contribution in [0.5, 0.6) is 0 Å². The Morgan fingerprint density at radius 3 is 2.00 bits per heavy atom. The SMILES string of the molecule is SC(S)=Nc1cc(Cl)cc(Cl)c1. The van der Waals surface area contributed by atoms with Gasteiger partial charge in [-0.3, -0.25) is 0 Å². The molecule has 0 saturated carbocycles. The van der Waals surface area contributed by atoms with E-state index in [2.05, 4.69) is 30.2 Å². The van der Waals surface area contributed by atoms with Crippen molar-refractivity contribution < 1.29 is 0 Å². The van der Waals surface area contributed by atoms with Crippen LogP contribution in [0.3, 0.4) is 0 Å². The highest BCUT2D eigenvalue weighted by atomic mass is 35.5. The highest BCUT2D eigenvalue weighted by molar-refractivity contribution is 8.23. The molecule has 1 aromatic rings. The average Bonchev–Trinajstić information content (AvgIpc) is 1.81. The third-order valence-electron chi connectivity index (χ3n) is 1.08.